The number of aliphatic hydroxyl groups is 1. The summed E-state index contributed by atoms with van der Waals surface area (Å²) in [4.78, 5) is 23.9. The Morgan fingerprint density at radius 3 is 2.82 bits per heavy atom. The number of benzene rings is 1. The number of nitrogens with one attached hydrogen (secondary N) is 3. The molecule has 0 aliphatic carbocycles. The van der Waals surface area contributed by atoms with E-state index in [9.17, 15) is 15.0 Å². The van der Waals surface area contributed by atoms with Gasteiger partial charge in [-0.1, -0.05) is 18.2 Å². The minimum absolute atomic E-state index is 0.199. The van der Waals surface area contributed by atoms with Crippen LogP contribution in [-0.2, 0) is 13.0 Å². The lowest BCUT2D eigenvalue weighted by atomic mass is 10.1. The second-order valence-corrected chi connectivity index (χ2v) is 6.19. The van der Waals surface area contributed by atoms with E-state index in [-0.39, 0.29) is 18.3 Å². The number of phenols is 1. The zero-order valence-electron chi connectivity index (χ0n) is 15.6. The van der Waals surface area contributed by atoms with Gasteiger partial charge in [-0.2, -0.15) is 0 Å². The summed E-state index contributed by atoms with van der Waals surface area (Å²) in [7, 11) is 0. The van der Waals surface area contributed by atoms with Crippen molar-refractivity contribution < 1.29 is 15.0 Å². The molecular weight excluding hydrogens is 358 g/mol. The van der Waals surface area contributed by atoms with Crippen LogP contribution in [0.4, 0.5) is 5.95 Å². The van der Waals surface area contributed by atoms with Gasteiger partial charge in [0, 0.05) is 36.6 Å². The normalized spacial score (nSPS) is 10.6. The Morgan fingerprint density at radius 2 is 2.07 bits per heavy atom. The zero-order chi connectivity index (χ0) is 19.9. The Bertz CT molecular complexity index is 955. The van der Waals surface area contributed by atoms with E-state index in [1.807, 2.05) is 19.1 Å². The van der Waals surface area contributed by atoms with E-state index in [4.69, 9.17) is 0 Å². The summed E-state index contributed by atoms with van der Waals surface area (Å²) in [6, 6.07) is 8.73. The standard InChI is InChI=1S/C20H23N5O3/c1-2-21-20-24-11-15(12-26)18(25-20)14-9-16(23-10-14)19(28)22-8-7-13-5-3-4-6-17(13)27/h3-6,9-11,23,26-27H,2,7-8,12H2,1H3,(H,22,28)(H,21,24,25). The summed E-state index contributed by atoms with van der Waals surface area (Å²) >= 11 is 0. The SMILES string of the molecule is CCNc1ncc(CO)c(-c2c[nH]c(C(=O)NCCc3ccccc3O)c2)n1. The van der Waals surface area contributed by atoms with Gasteiger partial charge in [0.25, 0.3) is 5.91 Å². The molecule has 146 valence electrons. The van der Waals surface area contributed by atoms with Gasteiger partial charge < -0.3 is 25.8 Å². The number of carbonyl (C=O) groups excluding carboxylic acids is 1. The summed E-state index contributed by atoms with van der Waals surface area (Å²) in [6.07, 6.45) is 3.77. The molecule has 3 rings (SSSR count). The molecule has 3 aromatic rings. The minimum Gasteiger partial charge on any atom is -0.508 e. The van der Waals surface area contributed by atoms with Gasteiger partial charge in [0.05, 0.1) is 12.3 Å². The molecule has 0 saturated carbocycles. The van der Waals surface area contributed by atoms with E-state index in [2.05, 4.69) is 25.6 Å². The molecular formula is C20H23N5O3. The topological polar surface area (TPSA) is 123 Å². The van der Waals surface area contributed by atoms with Crippen LogP contribution in [0.3, 0.4) is 0 Å². The second-order valence-electron chi connectivity index (χ2n) is 6.19. The Labute approximate surface area is 162 Å². The third-order valence-electron chi connectivity index (χ3n) is 4.24. The highest BCUT2D eigenvalue weighted by Crippen LogP contribution is 2.23. The number of hydrogen-bond acceptors (Lipinski definition) is 6. The lowest BCUT2D eigenvalue weighted by Gasteiger charge is -2.07. The maximum atomic E-state index is 12.4. The first-order valence-electron chi connectivity index (χ1n) is 9.07. The maximum Gasteiger partial charge on any atom is 0.267 e. The first-order valence-corrected chi connectivity index (χ1v) is 9.07. The second kappa shape index (κ2) is 9.01. The zero-order valence-corrected chi connectivity index (χ0v) is 15.6. The highest BCUT2D eigenvalue weighted by Gasteiger charge is 2.14. The molecule has 2 heterocycles. The fraction of sp³-hybridized carbons (Fsp3) is 0.250. The molecule has 8 nitrogen and oxygen atoms in total. The summed E-state index contributed by atoms with van der Waals surface area (Å²) in [5, 5.41) is 25.2. The summed E-state index contributed by atoms with van der Waals surface area (Å²) < 4.78 is 0. The van der Waals surface area contributed by atoms with Crippen molar-refractivity contribution in [3.63, 3.8) is 0 Å². The fourth-order valence-electron chi connectivity index (χ4n) is 2.81. The van der Waals surface area contributed by atoms with Gasteiger partial charge in [0.1, 0.15) is 11.4 Å². The Morgan fingerprint density at radius 1 is 1.25 bits per heavy atom. The molecule has 0 radical (unpaired) electrons. The van der Waals surface area contributed by atoms with Gasteiger partial charge in [-0.25, -0.2) is 9.97 Å². The van der Waals surface area contributed by atoms with Crippen LogP contribution in [0.15, 0.2) is 42.7 Å². The Hall–Kier alpha value is -3.39. The number of rotatable bonds is 8. The predicted octanol–water partition coefficient (Wildman–Crippen LogP) is 2.07. The summed E-state index contributed by atoms with van der Waals surface area (Å²) in [5.74, 6) is 0.424. The van der Waals surface area contributed by atoms with Crippen molar-refractivity contribution >= 4 is 11.9 Å². The number of anilines is 1. The fourth-order valence-corrected chi connectivity index (χ4v) is 2.81. The van der Waals surface area contributed by atoms with Crippen molar-refractivity contribution in [1.29, 1.82) is 0 Å². The molecule has 1 amide bonds. The molecule has 0 unspecified atom stereocenters. The average molecular weight is 381 g/mol. The van der Waals surface area contributed by atoms with E-state index < -0.39 is 0 Å². The minimum atomic E-state index is -0.256. The molecule has 0 atom stereocenters. The molecule has 0 saturated heterocycles. The monoisotopic (exact) mass is 381 g/mol. The molecule has 2 aromatic heterocycles. The van der Waals surface area contributed by atoms with Crippen LogP contribution in [0.5, 0.6) is 5.75 Å². The molecule has 1 aromatic carbocycles. The van der Waals surface area contributed by atoms with Gasteiger partial charge in [-0.05, 0) is 31.0 Å². The van der Waals surface area contributed by atoms with E-state index >= 15 is 0 Å². The van der Waals surface area contributed by atoms with E-state index in [0.29, 0.717) is 48.0 Å². The summed E-state index contributed by atoms with van der Waals surface area (Å²) in [6.45, 7) is 2.81. The number of phenolic OH excluding ortho intramolecular Hbond substituents is 1. The molecule has 0 bridgehead atoms. The van der Waals surface area contributed by atoms with Crippen LogP contribution < -0.4 is 10.6 Å². The van der Waals surface area contributed by atoms with E-state index in [1.165, 1.54) is 0 Å². The number of aromatic hydroxyl groups is 1. The number of aliphatic hydroxyl groups excluding tert-OH is 1. The molecule has 28 heavy (non-hydrogen) atoms. The molecule has 0 aliphatic rings. The Kier molecular flexibility index (Phi) is 6.23. The van der Waals surface area contributed by atoms with Crippen molar-refractivity contribution in [2.45, 2.75) is 20.0 Å². The number of carbonyl (C=O) groups is 1. The van der Waals surface area contributed by atoms with Crippen molar-refractivity contribution in [3.05, 3.63) is 59.5 Å². The highest BCUT2D eigenvalue weighted by atomic mass is 16.3. The quantitative estimate of drug-likeness (QED) is 0.407. The van der Waals surface area contributed by atoms with Gasteiger partial charge >= 0.3 is 0 Å². The van der Waals surface area contributed by atoms with Crippen LogP contribution in [0.1, 0.15) is 28.5 Å². The largest absolute Gasteiger partial charge is 0.508 e. The van der Waals surface area contributed by atoms with Gasteiger partial charge in [0.15, 0.2) is 0 Å². The van der Waals surface area contributed by atoms with Gasteiger partial charge in [0.2, 0.25) is 5.95 Å². The van der Waals surface area contributed by atoms with E-state index in [1.54, 1.807) is 30.6 Å². The van der Waals surface area contributed by atoms with Crippen molar-refractivity contribution in [3.8, 4) is 17.0 Å². The number of nitrogens with zero attached hydrogens (tertiary/aromatic N) is 2. The predicted molar refractivity (Wildman–Crippen MR) is 106 cm³/mol. The van der Waals surface area contributed by atoms with Crippen LogP contribution in [0, 0.1) is 0 Å². The first kappa shape index (κ1) is 19.4. The van der Waals surface area contributed by atoms with Crippen LogP contribution in [0.25, 0.3) is 11.3 Å². The first-order chi connectivity index (χ1) is 13.6. The maximum absolute atomic E-state index is 12.4. The number of H-pyrrole nitrogens is 1. The van der Waals surface area contributed by atoms with Crippen molar-refractivity contribution in [1.82, 2.24) is 20.3 Å². The number of aromatic amines is 1. The number of aromatic nitrogens is 3. The van der Waals surface area contributed by atoms with Crippen molar-refractivity contribution in [2.75, 3.05) is 18.4 Å². The molecule has 0 aliphatic heterocycles. The third-order valence-corrected chi connectivity index (χ3v) is 4.24. The highest BCUT2D eigenvalue weighted by molar-refractivity contribution is 5.93. The summed E-state index contributed by atoms with van der Waals surface area (Å²) in [5.41, 5.74) is 3.00. The van der Waals surface area contributed by atoms with E-state index in [0.717, 1.165) is 5.56 Å². The van der Waals surface area contributed by atoms with Crippen LogP contribution in [0.2, 0.25) is 0 Å². The Balaban J connectivity index is 1.69. The van der Waals surface area contributed by atoms with Gasteiger partial charge in [-0.3, -0.25) is 4.79 Å². The molecule has 8 heteroatoms. The van der Waals surface area contributed by atoms with Crippen LogP contribution in [-0.4, -0.2) is 44.2 Å². The molecule has 0 fully saturated rings. The van der Waals surface area contributed by atoms with Crippen molar-refractivity contribution in [2.24, 2.45) is 0 Å². The average Bonchev–Trinajstić information content (AvgIpc) is 3.20. The number of para-hydroxylation sites is 1. The number of hydrogen-bond donors (Lipinski definition) is 5. The lowest BCUT2D eigenvalue weighted by molar-refractivity contribution is 0.0949. The smallest absolute Gasteiger partial charge is 0.267 e. The molecule has 0 spiro atoms. The van der Waals surface area contributed by atoms with Crippen LogP contribution >= 0.6 is 0 Å². The van der Waals surface area contributed by atoms with Gasteiger partial charge in [-0.15, -0.1) is 0 Å². The molecule has 5 N–H and O–H groups in total. The lowest BCUT2D eigenvalue weighted by Crippen LogP contribution is -2.25. The number of amides is 1. The third kappa shape index (κ3) is 4.47.